The van der Waals surface area contributed by atoms with Crippen molar-refractivity contribution in [1.29, 1.82) is 0 Å². The number of hydrogen-bond acceptors (Lipinski definition) is 4. The number of nitrogens with zero attached hydrogens (tertiary/aromatic N) is 2. The van der Waals surface area contributed by atoms with Crippen molar-refractivity contribution in [2.24, 2.45) is 0 Å². The number of furan rings is 1. The fraction of sp³-hybridized carbons (Fsp3) is 0. The Labute approximate surface area is 264 Å². The third-order valence-electron chi connectivity index (χ3n) is 8.52. The van der Waals surface area contributed by atoms with Gasteiger partial charge in [0.2, 0.25) is 5.71 Å². The molecule has 0 fully saturated rings. The lowest BCUT2D eigenvalue weighted by Gasteiger charge is -2.27. The van der Waals surface area contributed by atoms with Crippen LogP contribution in [-0.4, -0.2) is 4.98 Å². The van der Waals surface area contributed by atoms with Crippen molar-refractivity contribution in [3.8, 4) is 22.4 Å². The number of pyridine rings is 1. The lowest BCUT2D eigenvalue weighted by Crippen LogP contribution is -2.10. The zero-order valence-electron chi connectivity index (χ0n) is 24.2. The van der Waals surface area contributed by atoms with Crippen molar-refractivity contribution in [3.63, 3.8) is 0 Å². The zero-order valence-corrected chi connectivity index (χ0v) is 25.0. The van der Waals surface area contributed by atoms with Crippen molar-refractivity contribution in [2.45, 2.75) is 0 Å². The van der Waals surface area contributed by atoms with Crippen molar-refractivity contribution in [2.75, 3.05) is 4.90 Å². The highest BCUT2D eigenvalue weighted by molar-refractivity contribution is 7.26. The average Bonchev–Trinajstić information content (AvgIpc) is 3.68. The van der Waals surface area contributed by atoms with Gasteiger partial charge >= 0.3 is 0 Å². The minimum absolute atomic E-state index is 0.661. The molecule has 0 radical (unpaired) electrons. The third kappa shape index (κ3) is 4.38. The number of fused-ring (bicyclic) bond motifs is 6. The Kier molecular flexibility index (Phi) is 6.00. The summed E-state index contributed by atoms with van der Waals surface area (Å²) < 4.78 is 8.65. The highest BCUT2D eigenvalue weighted by atomic mass is 32.1. The molecule has 3 aromatic heterocycles. The molecule has 0 bridgehead atoms. The molecule has 0 aliphatic heterocycles. The predicted octanol–water partition coefficient (Wildman–Crippen LogP) is 12.2. The van der Waals surface area contributed by atoms with Gasteiger partial charge in [-0.1, -0.05) is 97.1 Å². The molecule has 0 unspecified atom stereocenters. The van der Waals surface area contributed by atoms with E-state index in [9.17, 15) is 0 Å². The highest BCUT2D eigenvalue weighted by Gasteiger charge is 2.19. The van der Waals surface area contributed by atoms with Crippen molar-refractivity contribution >= 4 is 70.6 Å². The summed E-state index contributed by atoms with van der Waals surface area (Å²) in [6.45, 7) is 0. The van der Waals surface area contributed by atoms with Crippen LogP contribution in [0.4, 0.5) is 17.1 Å². The number of anilines is 3. The van der Waals surface area contributed by atoms with Gasteiger partial charge in [-0.15, -0.1) is 11.3 Å². The van der Waals surface area contributed by atoms with E-state index in [1.807, 2.05) is 29.5 Å². The van der Waals surface area contributed by atoms with Crippen LogP contribution in [0, 0.1) is 0 Å². The molecule has 0 amide bonds. The summed E-state index contributed by atoms with van der Waals surface area (Å²) in [5.74, 6) is 0. The zero-order chi connectivity index (χ0) is 29.7. The summed E-state index contributed by atoms with van der Waals surface area (Å²) >= 11 is 1.84. The summed E-state index contributed by atoms with van der Waals surface area (Å²) in [7, 11) is 0. The molecule has 4 heteroatoms. The van der Waals surface area contributed by atoms with Gasteiger partial charge in [0.05, 0.1) is 11.4 Å². The number of thiophene rings is 1. The normalized spacial score (nSPS) is 11.6. The van der Waals surface area contributed by atoms with E-state index in [-0.39, 0.29) is 0 Å². The number of hydrogen-bond donors (Lipinski definition) is 0. The van der Waals surface area contributed by atoms with Crippen LogP contribution in [0.3, 0.4) is 0 Å². The van der Waals surface area contributed by atoms with Crippen LogP contribution in [-0.2, 0) is 0 Å². The molecule has 212 valence electrons. The quantitative estimate of drug-likeness (QED) is 0.198. The maximum absolute atomic E-state index is 6.08. The van der Waals surface area contributed by atoms with Gasteiger partial charge in [0.25, 0.3) is 0 Å². The van der Waals surface area contributed by atoms with E-state index in [0.717, 1.165) is 44.7 Å². The SMILES string of the molecule is c1ccc(-c2ccc(N(c3ccc(-c4ccc5c(n4)oc4ccccc45)cc3)c3cccc4sc5ccccc5c34)cc2)cc1. The molecule has 0 N–H and O–H groups in total. The summed E-state index contributed by atoms with van der Waals surface area (Å²) in [6, 6.07) is 55.7. The smallest absolute Gasteiger partial charge is 0.227 e. The molecular weight excluding hydrogens is 569 g/mol. The molecule has 0 atom stereocenters. The van der Waals surface area contributed by atoms with Gasteiger partial charge < -0.3 is 9.32 Å². The van der Waals surface area contributed by atoms with Crippen LogP contribution >= 0.6 is 11.3 Å². The molecule has 45 heavy (non-hydrogen) atoms. The summed E-state index contributed by atoms with van der Waals surface area (Å²) in [4.78, 5) is 7.27. The van der Waals surface area contributed by atoms with Crippen LogP contribution in [0.2, 0.25) is 0 Å². The fourth-order valence-electron chi connectivity index (χ4n) is 6.35. The topological polar surface area (TPSA) is 29.3 Å². The number of benzene rings is 6. The molecule has 0 aliphatic rings. The van der Waals surface area contributed by atoms with Gasteiger partial charge in [0.1, 0.15) is 5.58 Å². The second-order valence-electron chi connectivity index (χ2n) is 11.2. The van der Waals surface area contributed by atoms with Crippen molar-refractivity contribution in [1.82, 2.24) is 4.98 Å². The van der Waals surface area contributed by atoms with Gasteiger partial charge in [0.15, 0.2) is 0 Å². The van der Waals surface area contributed by atoms with Crippen LogP contribution in [0.15, 0.2) is 162 Å². The van der Waals surface area contributed by atoms with E-state index in [0.29, 0.717) is 5.71 Å². The first kappa shape index (κ1) is 25.8. The van der Waals surface area contributed by atoms with E-state index in [4.69, 9.17) is 9.40 Å². The summed E-state index contributed by atoms with van der Waals surface area (Å²) in [5, 5.41) is 4.67. The number of para-hydroxylation sites is 1. The first-order valence-corrected chi connectivity index (χ1v) is 15.9. The summed E-state index contributed by atoms with van der Waals surface area (Å²) in [5.41, 5.74) is 9.20. The average molecular weight is 595 g/mol. The Balaban J connectivity index is 1.17. The summed E-state index contributed by atoms with van der Waals surface area (Å²) in [6.07, 6.45) is 0. The molecular formula is C41H26N2OS. The molecule has 9 rings (SSSR count). The molecule has 6 aromatic carbocycles. The lowest BCUT2D eigenvalue weighted by atomic mass is 10.0. The lowest BCUT2D eigenvalue weighted by molar-refractivity contribution is 0.654. The Morgan fingerprint density at radius 3 is 1.91 bits per heavy atom. The highest BCUT2D eigenvalue weighted by Crippen LogP contribution is 2.45. The Bertz CT molecular complexity index is 2480. The maximum atomic E-state index is 6.08. The van der Waals surface area contributed by atoms with Gasteiger partial charge in [-0.05, 0) is 71.8 Å². The van der Waals surface area contributed by atoms with E-state index >= 15 is 0 Å². The molecule has 0 spiro atoms. The van der Waals surface area contributed by atoms with Crippen molar-refractivity contribution < 1.29 is 4.42 Å². The molecule has 0 aliphatic carbocycles. The standard InChI is InChI=1S/C41H26N2OS/c1-2-9-27(10-3-1)28-17-21-30(22-18-28)43(36-13-8-16-39-40(36)34-12-5-7-15-38(34)45-39)31-23-19-29(20-24-31)35-26-25-33-32-11-4-6-14-37(32)44-41(33)42-35/h1-26H. The Hall–Kier alpha value is -5.71. The first-order chi connectivity index (χ1) is 22.3. The second-order valence-corrected chi connectivity index (χ2v) is 12.3. The second kappa shape index (κ2) is 10.5. The minimum Gasteiger partial charge on any atom is -0.438 e. The van der Waals surface area contributed by atoms with E-state index < -0.39 is 0 Å². The predicted molar refractivity (Wildman–Crippen MR) is 190 cm³/mol. The van der Waals surface area contributed by atoms with Gasteiger partial charge in [-0.25, -0.2) is 4.98 Å². The molecule has 0 saturated carbocycles. The number of aromatic nitrogens is 1. The van der Waals surface area contributed by atoms with Gasteiger partial charge in [-0.2, -0.15) is 0 Å². The van der Waals surface area contributed by atoms with Gasteiger partial charge in [0, 0.05) is 47.9 Å². The van der Waals surface area contributed by atoms with Crippen LogP contribution in [0.5, 0.6) is 0 Å². The molecule has 3 heterocycles. The monoisotopic (exact) mass is 594 g/mol. The number of rotatable bonds is 5. The Morgan fingerprint density at radius 2 is 1.11 bits per heavy atom. The van der Waals surface area contributed by atoms with E-state index in [1.54, 1.807) is 0 Å². The van der Waals surface area contributed by atoms with E-state index in [2.05, 4.69) is 144 Å². The molecule has 0 saturated heterocycles. The Morgan fingerprint density at radius 1 is 0.467 bits per heavy atom. The van der Waals surface area contributed by atoms with Crippen molar-refractivity contribution in [3.05, 3.63) is 158 Å². The minimum atomic E-state index is 0.661. The third-order valence-corrected chi connectivity index (χ3v) is 9.66. The van der Waals surface area contributed by atoms with Gasteiger partial charge in [-0.3, -0.25) is 0 Å². The van der Waals surface area contributed by atoms with Crippen LogP contribution in [0.25, 0.3) is 64.6 Å². The van der Waals surface area contributed by atoms with Crippen LogP contribution in [0.1, 0.15) is 0 Å². The van der Waals surface area contributed by atoms with E-state index in [1.165, 1.54) is 31.3 Å². The largest absolute Gasteiger partial charge is 0.438 e. The van der Waals surface area contributed by atoms with Crippen LogP contribution < -0.4 is 4.90 Å². The molecule has 9 aromatic rings. The maximum Gasteiger partial charge on any atom is 0.227 e. The fourth-order valence-corrected chi connectivity index (χ4v) is 7.48. The first-order valence-electron chi connectivity index (χ1n) is 15.0. The molecule has 3 nitrogen and oxygen atoms in total.